The van der Waals surface area contributed by atoms with Gasteiger partial charge in [-0.25, -0.2) is 0 Å². The Morgan fingerprint density at radius 1 is 1.43 bits per heavy atom. The lowest BCUT2D eigenvalue weighted by molar-refractivity contribution is -0.119. The number of likely N-dealkylation sites (tertiary alicyclic amines) is 1. The van der Waals surface area contributed by atoms with Gasteiger partial charge in [-0.15, -0.1) is 0 Å². The van der Waals surface area contributed by atoms with E-state index >= 15 is 0 Å². The lowest BCUT2D eigenvalue weighted by Crippen LogP contribution is -2.50. The molecule has 2 rings (SSSR count). The minimum absolute atomic E-state index is 0.0183. The minimum Gasteiger partial charge on any atom is -0.395 e. The van der Waals surface area contributed by atoms with Crippen molar-refractivity contribution in [1.29, 1.82) is 0 Å². The van der Waals surface area contributed by atoms with Crippen LogP contribution in [0.4, 0.5) is 14.5 Å². The van der Waals surface area contributed by atoms with Gasteiger partial charge in [0.2, 0.25) is 5.91 Å². The summed E-state index contributed by atoms with van der Waals surface area (Å²) in [6.45, 7) is 2.21. The molecular weight excluding hydrogens is 322 g/mol. The van der Waals surface area contributed by atoms with Crippen molar-refractivity contribution >= 4 is 23.4 Å². The number of rotatable bonds is 6. The Kier molecular flexibility index (Phi) is 6.80. The average Bonchev–Trinajstić information content (AvgIpc) is 2.50. The predicted octanol–water partition coefficient (Wildman–Crippen LogP) is 3.18. The molecule has 0 aromatic heterocycles. The number of aliphatic hydroxyl groups is 1. The molecule has 23 heavy (non-hydrogen) atoms. The first-order valence-corrected chi connectivity index (χ1v) is 8.59. The van der Waals surface area contributed by atoms with Crippen molar-refractivity contribution in [3.63, 3.8) is 0 Å². The van der Waals surface area contributed by atoms with E-state index in [0.717, 1.165) is 19.3 Å². The SMILES string of the molecule is CC1CCCC(CO)N1CC(=O)Nc1ccccc1SC(F)F. The Labute approximate surface area is 139 Å². The van der Waals surface area contributed by atoms with Crippen molar-refractivity contribution in [3.8, 4) is 0 Å². The Hall–Kier alpha value is -1.18. The number of para-hydroxylation sites is 1. The van der Waals surface area contributed by atoms with E-state index in [1.54, 1.807) is 24.3 Å². The van der Waals surface area contributed by atoms with Crippen LogP contribution in [0.2, 0.25) is 0 Å². The number of hydrogen-bond donors (Lipinski definition) is 2. The van der Waals surface area contributed by atoms with Gasteiger partial charge in [0, 0.05) is 17.0 Å². The summed E-state index contributed by atoms with van der Waals surface area (Å²) in [4.78, 5) is 14.6. The summed E-state index contributed by atoms with van der Waals surface area (Å²) in [6, 6.07) is 6.74. The van der Waals surface area contributed by atoms with E-state index in [4.69, 9.17) is 0 Å². The van der Waals surface area contributed by atoms with Crippen molar-refractivity contribution in [2.45, 2.75) is 48.9 Å². The standard InChI is InChI=1S/C16H22F2N2O2S/c1-11-5-4-6-12(10-21)20(11)9-15(22)19-13-7-2-3-8-14(13)23-16(17)18/h2-3,7-8,11-12,16,21H,4-6,9-10H2,1H3,(H,19,22). The van der Waals surface area contributed by atoms with Gasteiger partial charge in [0.1, 0.15) is 0 Å². The van der Waals surface area contributed by atoms with Crippen LogP contribution in [0.1, 0.15) is 26.2 Å². The molecule has 2 N–H and O–H groups in total. The number of nitrogens with one attached hydrogen (secondary N) is 1. The van der Waals surface area contributed by atoms with E-state index in [1.807, 2.05) is 11.8 Å². The third kappa shape index (κ3) is 5.16. The number of carbonyl (C=O) groups excluding carboxylic acids is 1. The molecule has 1 aliphatic rings. The van der Waals surface area contributed by atoms with Crippen LogP contribution in [-0.2, 0) is 4.79 Å². The highest BCUT2D eigenvalue weighted by molar-refractivity contribution is 7.99. The van der Waals surface area contributed by atoms with Gasteiger partial charge < -0.3 is 10.4 Å². The first kappa shape index (κ1) is 18.2. The number of piperidine rings is 1. The normalized spacial score (nSPS) is 22.3. The summed E-state index contributed by atoms with van der Waals surface area (Å²) in [5, 5.41) is 12.2. The second kappa shape index (κ2) is 8.61. The van der Waals surface area contributed by atoms with Gasteiger partial charge in [-0.3, -0.25) is 9.69 Å². The number of aliphatic hydroxyl groups excluding tert-OH is 1. The first-order chi connectivity index (χ1) is 11.0. The maximum atomic E-state index is 12.6. The van der Waals surface area contributed by atoms with E-state index in [-0.39, 0.29) is 31.1 Å². The molecular formula is C16H22F2N2O2S. The Bertz CT molecular complexity index is 531. The van der Waals surface area contributed by atoms with Gasteiger partial charge in [-0.05, 0) is 31.9 Å². The number of benzene rings is 1. The van der Waals surface area contributed by atoms with Crippen molar-refractivity contribution in [1.82, 2.24) is 4.90 Å². The van der Waals surface area contributed by atoms with Crippen molar-refractivity contribution < 1.29 is 18.7 Å². The number of alkyl halides is 2. The fourth-order valence-corrected chi connectivity index (χ4v) is 3.54. The largest absolute Gasteiger partial charge is 0.395 e. The fourth-order valence-electron chi connectivity index (χ4n) is 2.95. The number of amides is 1. The number of anilines is 1. The molecule has 1 heterocycles. The molecule has 1 saturated heterocycles. The maximum absolute atomic E-state index is 12.6. The van der Waals surface area contributed by atoms with E-state index in [0.29, 0.717) is 22.3 Å². The monoisotopic (exact) mass is 344 g/mol. The van der Waals surface area contributed by atoms with E-state index in [1.165, 1.54) is 0 Å². The minimum atomic E-state index is -2.53. The van der Waals surface area contributed by atoms with Crippen molar-refractivity contribution in [2.75, 3.05) is 18.5 Å². The molecule has 1 amide bonds. The molecule has 0 bridgehead atoms. The topological polar surface area (TPSA) is 52.6 Å². The zero-order chi connectivity index (χ0) is 16.8. The van der Waals surface area contributed by atoms with E-state index in [2.05, 4.69) is 5.32 Å². The molecule has 0 spiro atoms. The first-order valence-electron chi connectivity index (χ1n) is 7.71. The third-order valence-electron chi connectivity index (χ3n) is 4.11. The van der Waals surface area contributed by atoms with Gasteiger partial charge in [0.15, 0.2) is 0 Å². The van der Waals surface area contributed by atoms with Crippen LogP contribution in [0.5, 0.6) is 0 Å². The smallest absolute Gasteiger partial charge is 0.288 e. The highest BCUT2D eigenvalue weighted by Crippen LogP contribution is 2.31. The number of halogens is 2. The molecule has 1 aromatic rings. The molecule has 0 radical (unpaired) electrons. The van der Waals surface area contributed by atoms with Crippen molar-refractivity contribution in [2.24, 2.45) is 0 Å². The maximum Gasteiger partial charge on any atom is 0.288 e. The predicted molar refractivity (Wildman–Crippen MR) is 87.8 cm³/mol. The van der Waals surface area contributed by atoms with Crippen LogP contribution in [0.15, 0.2) is 29.2 Å². The van der Waals surface area contributed by atoms with Crippen LogP contribution in [0, 0.1) is 0 Å². The zero-order valence-corrected chi connectivity index (χ0v) is 13.9. The van der Waals surface area contributed by atoms with Gasteiger partial charge in [-0.1, -0.05) is 30.3 Å². The summed E-state index contributed by atoms with van der Waals surface area (Å²) in [5.41, 5.74) is 0.396. The van der Waals surface area contributed by atoms with Crippen LogP contribution >= 0.6 is 11.8 Å². The van der Waals surface area contributed by atoms with Crippen LogP contribution in [0.3, 0.4) is 0 Å². The molecule has 128 valence electrons. The number of carbonyl (C=O) groups is 1. The highest BCUT2D eigenvalue weighted by Gasteiger charge is 2.29. The molecule has 1 aliphatic heterocycles. The summed E-state index contributed by atoms with van der Waals surface area (Å²) in [5.74, 6) is -2.78. The van der Waals surface area contributed by atoms with Crippen LogP contribution < -0.4 is 5.32 Å². The summed E-state index contributed by atoms with van der Waals surface area (Å²) in [7, 11) is 0. The summed E-state index contributed by atoms with van der Waals surface area (Å²) < 4.78 is 25.1. The highest BCUT2D eigenvalue weighted by atomic mass is 32.2. The number of nitrogens with zero attached hydrogens (tertiary/aromatic N) is 1. The van der Waals surface area contributed by atoms with E-state index < -0.39 is 5.76 Å². The Morgan fingerprint density at radius 2 is 2.17 bits per heavy atom. The summed E-state index contributed by atoms with van der Waals surface area (Å²) in [6.07, 6.45) is 2.89. The van der Waals surface area contributed by atoms with E-state index in [9.17, 15) is 18.7 Å². The van der Waals surface area contributed by atoms with Gasteiger partial charge in [0.25, 0.3) is 5.76 Å². The Morgan fingerprint density at radius 3 is 2.87 bits per heavy atom. The zero-order valence-electron chi connectivity index (χ0n) is 13.0. The van der Waals surface area contributed by atoms with Crippen molar-refractivity contribution in [3.05, 3.63) is 24.3 Å². The van der Waals surface area contributed by atoms with Crippen LogP contribution in [0.25, 0.3) is 0 Å². The third-order valence-corrected chi connectivity index (χ3v) is 4.90. The molecule has 0 aliphatic carbocycles. The number of hydrogen-bond acceptors (Lipinski definition) is 4. The van der Waals surface area contributed by atoms with Crippen LogP contribution in [-0.4, -0.2) is 46.9 Å². The molecule has 1 aromatic carbocycles. The lowest BCUT2D eigenvalue weighted by atomic mass is 9.97. The van der Waals surface area contributed by atoms with Gasteiger partial charge in [0.05, 0.1) is 18.8 Å². The number of thioether (sulfide) groups is 1. The van der Waals surface area contributed by atoms with Gasteiger partial charge >= 0.3 is 0 Å². The fraction of sp³-hybridized carbons (Fsp3) is 0.562. The molecule has 7 heteroatoms. The molecule has 2 atom stereocenters. The van der Waals surface area contributed by atoms with Gasteiger partial charge in [-0.2, -0.15) is 8.78 Å². The average molecular weight is 344 g/mol. The molecule has 4 nitrogen and oxygen atoms in total. The molecule has 2 unspecified atom stereocenters. The molecule has 0 saturated carbocycles. The second-order valence-corrected chi connectivity index (χ2v) is 6.74. The molecule has 1 fully saturated rings. The quantitative estimate of drug-likeness (QED) is 0.779. The Balaban J connectivity index is 2.01. The second-order valence-electron chi connectivity index (χ2n) is 5.71. The summed E-state index contributed by atoms with van der Waals surface area (Å²) >= 11 is 0.417. The lowest BCUT2D eigenvalue weighted by Gasteiger charge is -2.39.